The lowest BCUT2D eigenvalue weighted by atomic mass is 10.1. The van der Waals surface area contributed by atoms with Crippen LogP contribution in [-0.2, 0) is 17.8 Å². The number of halogens is 2. The van der Waals surface area contributed by atoms with E-state index in [1.54, 1.807) is 29.6 Å². The van der Waals surface area contributed by atoms with Crippen molar-refractivity contribution in [2.45, 2.75) is 26.3 Å². The van der Waals surface area contributed by atoms with Crippen molar-refractivity contribution in [2.75, 3.05) is 11.4 Å². The molecular formula is C22H20Cl2N4OS. The van der Waals surface area contributed by atoms with Crippen molar-refractivity contribution < 1.29 is 4.79 Å². The number of carbonyl (C=O) groups excluding carboxylic acids is 1. The molecule has 30 heavy (non-hydrogen) atoms. The molecule has 0 bridgehead atoms. The maximum atomic E-state index is 13.2. The Kier molecular flexibility index (Phi) is 6.37. The number of carbonyl (C=O) groups is 1. The molecule has 0 unspecified atom stereocenters. The average Bonchev–Trinajstić information content (AvgIpc) is 3.40. The zero-order valence-corrected chi connectivity index (χ0v) is 18.7. The van der Waals surface area contributed by atoms with Crippen LogP contribution in [0.15, 0.2) is 55.1 Å². The number of thiazole rings is 1. The van der Waals surface area contributed by atoms with Crippen LogP contribution < -0.4 is 4.90 Å². The van der Waals surface area contributed by atoms with Crippen LogP contribution in [0.2, 0.25) is 10.0 Å². The van der Waals surface area contributed by atoms with Gasteiger partial charge in [-0.1, -0.05) is 52.7 Å². The van der Waals surface area contributed by atoms with Gasteiger partial charge in [0.25, 0.3) is 0 Å². The molecule has 1 amide bonds. The molecule has 8 heteroatoms. The van der Waals surface area contributed by atoms with Crippen molar-refractivity contribution in [3.8, 4) is 0 Å². The Morgan fingerprint density at radius 3 is 2.67 bits per heavy atom. The number of nitrogens with zero attached hydrogens (tertiary/aromatic N) is 4. The monoisotopic (exact) mass is 458 g/mol. The number of amides is 1. The van der Waals surface area contributed by atoms with E-state index in [1.165, 1.54) is 11.3 Å². The second-order valence-electron chi connectivity index (χ2n) is 7.04. The molecular weight excluding hydrogens is 439 g/mol. The van der Waals surface area contributed by atoms with Crippen LogP contribution in [0.4, 0.5) is 5.13 Å². The number of fused-ring (bicyclic) bond motifs is 1. The summed E-state index contributed by atoms with van der Waals surface area (Å²) in [5.74, 6) is -0.00390. The number of benzene rings is 2. The molecule has 4 aromatic rings. The first-order valence-corrected chi connectivity index (χ1v) is 11.1. The molecule has 0 N–H and O–H groups in total. The summed E-state index contributed by atoms with van der Waals surface area (Å²) in [6.45, 7) is 3.33. The smallest absolute Gasteiger partial charge is 0.233 e. The molecule has 0 saturated carbocycles. The van der Waals surface area contributed by atoms with Crippen molar-refractivity contribution >= 4 is 55.8 Å². The van der Waals surface area contributed by atoms with E-state index in [2.05, 4.69) is 4.98 Å². The van der Waals surface area contributed by atoms with Gasteiger partial charge in [-0.05, 0) is 42.7 Å². The molecule has 0 saturated heterocycles. The van der Waals surface area contributed by atoms with Gasteiger partial charge in [0.05, 0.1) is 28.0 Å². The van der Waals surface area contributed by atoms with Crippen molar-refractivity contribution in [1.82, 2.24) is 14.5 Å². The number of anilines is 1. The number of hydrogen-bond donors (Lipinski definition) is 0. The predicted molar refractivity (Wildman–Crippen MR) is 124 cm³/mol. The highest BCUT2D eigenvalue weighted by atomic mass is 35.5. The van der Waals surface area contributed by atoms with Gasteiger partial charge in [0, 0.05) is 30.5 Å². The highest BCUT2D eigenvalue weighted by molar-refractivity contribution is 7.23. The topological polar surface area (TPSA) is 51.0 Å². The molecule has 2 aromatic heterocycles. The fourth-order valence-electron chi connectivity index (χ4n) is 3.24. The van der Waals surface area contributed by atoms with Gasteiger partial charge in [-0.3, -0.25) is 9.69 Å². The third-order valence-electron chi connectivity index (χ3n) is 4.84. The lowest BCUT2D eigenvalue weighted by molar-refractivity contribution is -0.118. The fraction of sp³-hybridized carbons (Fsp3) is 0.227. The highest BCUT2D eigenvalue weighted by Gasteiger charge is 2.21. The summed E-state index contributed by atoms with van der Waals surface area (Å²) in [6, 6.07) is 11.2. The Balaban J connectivity index is 1.60. The Morgan fingerprint density at radius 1 is 1.17 bits per heavy atom. The van der Waals surface area contributed by atoms with Gasteiger partial charge in [0.1, 0.15) is 0 Å². The minimum Gasteiger partial charge on any atom is -0.337 e. The maximum absolute atomic E-state index is 13.2. The van der Waals surface area contributed by atoms with Gasteiger partial charge in [-0.2, -0.15) is 0 Å². The Hall–Kier alpha value is -2.41. The summed E-state index contributed by atoms with van der Waals surface area (Å²) >= 11 is 13.8. The molecule has 0 fully saturated rings. The van der Waals surface area contributed by atoms with Crippen molar-refractivity contribution in [2.24, 2.45) is 0 Å². The number of imidazole rings is 1. The van der Waals surface area contributed by atoms with Crippen molar-refractivity contribution in [3.63, 3.8) is 0 Å². The number of hydrogen-bond acceptors (Lipinski definition) is 4. The molecule has 0 aliphatic rings. The van der Waals surface area contributed by atoms with Gasteiger partial charge in [0.15, 0.2) is 5.13 Å². The van der Waals surface area contributed by atoms with E-state index in [4.69, 9.17) is 28.2 Å². The van der Waals surface area contributed by atoms with E-state index < -0.39 is 0 Å². The van der Waals surface area contributed by atoms with E-state index in [1.807, 2.05) is 42.0 Å². The van der Waals surface area contributed by atoms with Gasteiger partial charge >= 0.3 is 0 Å². The standard InChI is InChI=1S/C22H20Cl2N4OS/c1-15-3-8-18(24)21-20(15)26-22(30-21)28(11-2-10-27-12-9-25-14-27)19(29)13-16-4-6-17(23)7-5-16/h3-9,12,14H,2,10-11,13H2,1H3. The molecule has 2 heterocycles. The first kappa shape index (κ1) is 20.8. The van der Waals surface area contributed by atoms with Crippen LogP contribution in [0.3, 0.4) is 0 Å². The van der Waals surface area contributed by atoms with Crippen molar-refractivity contribution in [1.29, 1.82) is 0 Å². The first-order valence-electron chi connectivity index (χ1n) is 9.57. The van der Waals surface area contributed by atoms with E-state index in [-0.39, 0.29) is 12.3 Å². The van der Waals surface area contributed by atoms with Crippen LogP contribution in [0.25, 0.3) is 10.2 Å². The van der Waals surface area contributed by atoms with E-state index >= 15 is 0 Å². The van der Waals surface area contributed by atoms with Crippen LogP contribution in [-0.4, -0.2) is 27.0 Å². The number of aryl methyl sites for hydroxylation is 2. The third kappa shape index (κ3) is 4.67. The third-order valence-corrected chi connectivity index (χ3v) is 6.63. The Bertz CT molecular complexity index is 1120. The zero-order valence-electron chi connectivity index (χ0n) is 16.4. The summed E-state index contributed by atoms with van der Waals surface area (Å²) in [4.78, 5) is 23.9. The van der Waals surface area contributed by atoms with E-state index in [0.717, 1.165) is 34.3 Å². The molecule has 0 aliphatic heterocycles. The summed E-state index contributed by atoms with van der Waals surface area (Å²) in [5, 5.41) is 1.98. The van der Waals surface area contributed by atoms with Gasteiger partial charge in [-0.25, -0.2) is 9.97 Å². The lowest BCUT2D eigenvalue weighted by Gasteiger charge is -2.20. The molecule has 5 nitrogen and oxygen atoms in total. The Labute approximate surface area is 188 Å². The van der Waals surface area contributed by atoms with E-state index in [0.29, 0.717) is 21.7 Å². The molecule has 0 aliphatic carbocycles. The summed E-state index contributed by atoms with van der Waals surface area (Å²) in [6.07, 6.45) is 6.51. The molecule has 0 atom stereocenters. The minimum absolute atomic E-state index is 0.00390. The summed E-state index contributed by atoms with van der Waals surface area (Å²) in [7, 11) is 0. The molecule has 0 spiro atoms. The molecule has 154 valence electrons. The normalized spacial score (nSPS) is 11.2. The van der Waals surface area contributed by atoms with Crippen LogP contribution in [0.5, 0.6) is 0 Å². The van der Waals surface area contributed by atoms with Crippen LogP contribution in [0.1, 0.15) is 17.5 Å². The van der Waals surface area contributed by atoms with Gasteiger partial charge in [-0.15, -0.1) is 0 Å². The highest BCUT2D eigenvalue weighted by Crippen LogP contribution is 2.36. The first-order chi connectivity index (χ1) is 14.5. The predicted octanol–water partition coefficient (Wildman–Crippen LogP) is 5.77. The molecule has 2 aromatic carbocycles. The molecule has 4 rings (SSSR count). The van der Waals surface area contributed by atoms with Crippen LogP contribution in [0, 0.1) is 6.92 Å². The van der Waals surface area contributed by atoms with E-state index in [9.17, 15) is 4.79 Å². The molecule has 0 radical (unpaired) electrons. The number of rotatable bonds is 7. The summed E-state index contributed by atoms with van der Waals surface area (Å²) in [5.41, 5.74) is 2.81. The second kappa shape index (κ2) is 9.16. The van der Waals surface area contributed by atoms with Crippen LogP contribution >= 0.6 is 34.5 Å². The Morgan fingerprint density at radius 2 is 1.97 bits per heavy atom. The average molecular weight is 459 g/mol. The zero-order chi connectivity index (χ0) is 21.1. The van der Waals surface area contributed by atoms with Crippen molar-refractivity contribution in [3.05, 3.63) is 76.3 Å². The number of aromatic nitrogens is 3. The quantitative estimate of drug-likeness (QED) is 0.352. The second-order valence-corrected chi connectivity index (χ2v) is 8.86. The van der Waals surface area contributed by atoms with Gasteiger partial charge in [0.2, 0.25) is 5.91 Å². The largest absolute Gasteiger partial charge is 0.337 e. The fourth-order valence-corrected chi connectivity index (χ4v) is 4.72. The van der Waals surface area contributed by atoms with Gasteiger partial charge < -0.3 is 4.57 Å². The lowest BCUT2D eigenvalue weighted by Crippen LogP contribution is -2.33. The minimum atomic E-state index is -0.00390. The SMILES string of the molecule is Cc1ccc(Cl)c2sc(N(CCCn3ccnc3)C(=O)Cc3ccc(Cl)cc3)nc12. The summed E-state index contributed by atoms with van der Waals surface area (Å²) < 4.78 is 2.91. The maximum Gasteiger partial charge on any atom is 0.233 e.